The van der Waals surface area contributed by atoms with E-state index in [-0.39, 0.29) is 5.56 Å². The molecule has 2 aromatic rings. The van der Waals surface area contributed by atoms with Crippen LogP contribution >= 0.6 is 0 Å². The van der Waals surface area contributed by atoms with Gasteiger partial charge in [0.25, 0.3) is 5.91 Å². The van der Waals surface area contributed by atoms with E-state index in [4.69, 9.17) is 4.42 Å². The van der Waals surface area contributed by atoms with Crippen LogP contribution in [-0.2, 0) is 6.54 Å². The number of halogens is 1. The Morgan fingerprint density at radius 1 is 1.43 bits per heavy atom. The van der Waals surface area contributed by atoms with E-state index in [9.17, 15) is 19.3 Å². The minimum Gasteiger partial charge on any atom is -0.469 e. The number of carbonyl (C=O) groups excluding carboxylic acids is 1. The van der Waals surface area contributed by atoms with Crippen molar-refractivity contribution >= 4 is 11.6 Å². The lowest BCUT2D eigenvalue weighted by molar-refractivity contribution is -0.387. The second kappa shape index (κ2) is 5.74. The molecule has 7 heteroatoms. The monoisotopic (exact) mass is 292 g/mol. The number of nitro benzene ring substituents is 1. The zero-order chi connectivity index (χ0) is 15.6. The molecule has 0 aliphatic rings. The first-order chi connectivity index (χ1) is 9.90. The fourth-order valence-corrected chi connectivity index (χ4v) is 1.91. The van der Waals surface area contributed by atoms with Crippen molar-refractivity contribution < 1.29 is 18.5 Å². The Balaban J connectivity index is 2.18. The molecule has 6 nitrogen and oxygen atoms in total. The molecule has 1 aromatic carbocycles. The minimum atomic E-state index is -1.03. The third-order valence-electron chi connectivity index (χ3n) is 3.11. The predicted octanol–water partition coefficient (Wildman–Crippen LogP) is 2.91. The van der Waals surface area contributed by atoms with E-state index in [0.29, 0.717) is 12.3 Å². The third kappa shape index (κ3) is 3.07. The quantitative estimate of drug-likeness (QED) is 0.641. The van der Waals surface area contributed by atoms with Gasteiger partial charge in [-0.3, -0.25) is 14.9 Å². The van der Waals surface area contributed by atoms with Crippen LogP contribution in [0.4, 0.5) is 10.1 Å². The van der Waals surface area contributed by atoms with Crippen LogP contribution in [0.15, 0.2) is 34.9 Å². The minimum absolute atomic E-state index is 0.0572. The van der Waals surface area contributed by atoms with Gasteiger partial charge in [-0.25, -0.2) is 0 Å². The Hall–Kier alpha value is -2.70. The van der Waals surface area contributed by atoms with Crippen LogP contribution in [0.2, 0.25) is 0 Å². The second-order valence-electron chi connectivity index (χ2n) is 4.59. The topological polar surface area (TPSA) is 76.6 Å². The first kappa shape index (κ1) is 14.7. The first-order valence-electron chi connectivity index (χ1n) is 6.12. The molecule has 0 fully saturated rings. The van der Waals surface area contributed by atoms with Gasteiger partial charge in [0.1, 0.15) is 5.76 Å². The number of carbonyl (C=O) groups is 1. The smallest absolute Gasteiger partial charge is 0.304 e. The Morgan fingerprint density at radius 2 is 2.14 bits per heavy atom. The number of benzene rings is 1. The van der Waals surface area contributed by atoms with Crippen LogP contribution in [0, 0.1) is 22.9 Å². The number of aryl methyl sites for hydroxylation is 1. The summed E-state index contributed by atoms with van der Waals surface area (Å²) < 4.78 is 18.7. The highest BCUT2D eigenvalue weighted by atomic mass is 19.1. The maximum atomic E-state index is 13.5. The molecule has 110 valence electrons. The van der Waals surface area contributed by atoms with Crippen molar-refractivity contribution in [2.24, 2.45) is 0 Å². The Morgan fingerprint density at radius 3 is 2.67 bits per heavy atom. The van der Waals surface area contributed by atoms with Crippen molar-refractivity contribution in [3.05, 3.63) is 63.3 Å². The third-order valence-corrected chi connectivity index (χ3v) is 3.11. The van der Waals surface area contributed by atoms with Gasteiger partial charge in [0.05, 0.1) is 11.2 Å². The van der Waals surface area contributed by atoms with Crippen LogP contribution in [0.5, 0.6) is 0 Å². The van der Waals surface area contributed by atoms with E-state index >= 15 is 0 Å². The average molecular weight is 292 g/mol. The van der Waals surface area contributed by atoms with Gasteiger partial charge in [-0.15, -0.1) is 0 Å². The molecule has 0 saturated carbocycles. The number of nitrogens with zero attached hydrogens (tertiary/aromatic N) is 2. The van der Waals surface area contributed by atoms with Crippen molar-refractivity contribution in [3.8, 4) is 0 Å². The highest BCUT2D eigenvalue weighted by Gasteiger charge is 2.19. The summed E-state index contributed by atoms with van der Waals surface area (Å²) in [7, 11) is 1.56. The van der Waals surface area contributed by atoms with E-state index in [1.54, 1.807) is 20.0 Å². The van der Waals surface area contributed by atoms with Crippen molar-refractivity contribution in [2.75, 3.05) is 7.05 Å². The molecule has 21 heavy (non-hydrogen) atoms. The van der Waals surface area contributed by atoms with Crippen molar-refractivity contribution in [2.45, 2.75) is 13.5 Å². The van der Waals surface area contributed by atoms with Gasteiger partial charge in [-0.2, -0.15) is 4.39 Å². The van der Waals surface area contributed by atoms with Crippen LogP contribution in [0.25, 0.3) is 0 Å². The molecule has 1 aromatic heterocycles. The lowest BCUT2D eigenvalue weighted by Crippen LogP contribution is -2.26. The summed E-state index contributed by atoms with van der Waals surface area (Å²) in [5.74, 6) is -0.757. The molecule has 0 atom stereocenters. The van der Waals surface area contributed by atoms with E-state index in [0.717, 1.165) is 17.7 Å². The number of hydrogen-bond donors (Lipinski definition) is 0. The Kier molecular flexibility index (Phi) is 4.02. The fourth-order valence-electron chi connectivity index (χ4n) is 1.91. The summed E-state index contributed by atoms with van der Waals surface area (Å²) >= 11 is 0. The maximum Gasteiger partial charge on any atom is 0.304 e. The molecule has 2 rings (SSSR count). The lowest BCUT2D eigenvalue weighted by Gasteiger charge is -2.16. The van der Waals surface area contributed by atoms with Crippen LogP contribution in [0.1, 0.15) is 21.7 Å². The number of hydrogen-bond acceptors (Lipinski definition) is 4. The lowest BCUT2D eigenvalue weighted by atomic mass is 10.1. The molecule has 0 bridgehead atoms. The van der Waals surface area contributed by atoms with Gasteiger partial charge in [0.15, 0.2) is 0 Å². The summed E-state index contributed by atoms with van der Waals surface area (Å²) in [6.07, 6.45) is 1.52. The van der Waals surface area contributed by atoms with Crippen molar-refractivity contribution in [1.29, 1.82) is 0 Å². The van der Waals surface area contributed by atoms with Crippen LogP contribution < -0.4 is 0 Å². The molecule has 0 spiro atoms. The standard InChI is InChI=1S/C14H13FN2O4/c1-9-11(5-6-21-9)8-16(2)14(18)10-3-4-13(17(19)20)12(15)7-10/h3-7H,8H2,1-2H3. The molecule has 0 aliphatic carbocycles. The van der Waals surface area contributed by atoms with Crippen molar-refractivity contribution in [3.63, 3.8) is 0 Å². The number of rotatable bonds is 4. The molecule has 0 saturated heterocycles. The predicted molar refractivity (Wildman–Crippen MR) is 72.3 cm³/mol. The van der Waals surface area contributed by atoms with E-state index in [1.165, 1.54) is 17.2 Å². The van der Waals surface area contributed by atoms with E-state index < -0.39 is 22.3 Å². The summed E-state index contributed by atoms with van der Waals surface area (Å²) in [5, 5.41) is 10.5. The molecule has 0 aliphatic heterocycles. The summed E-state index contributed by atoms with van der Waals surface area (Å²) in [4.78, 5) is 23.3. The summed E-state index contributed by atoms with van der Waals surface area (Å²) in [6.45, 7) is 2.08. The van der Waals surface area contributed by atoms with Gasteiger partial charge in [-0.05, 0) is 25.1 Å². The van der Waals surface area contributed by atoms with Gasteiger partial charge in [0.2, 0.25) is 5.82 Å². The van der Waals surface area contributed by atoms with Gasteiger partial charge < -0.3 is 9.32 Å². The number of amides is 1. The molecule has 1 heterocycles. The van der Waals surface area contributed by atoms with Crippen molar-refractivity contribution in [1.82, 2.24) is 4.90 Å². The average Bonchev–Trinajstić information content (AvgIpc) is 2.82. The largest absolute Gasteiger partial charge is 0.469 e. The van der Waals surface area contributed by atoms with Gasteiger partial charge >= 0.3 is 5.69 Å². The molecule has 1 amide bonds. The number of nitro groups is 1. The number of furan rings is 1. The molecular weight excluding hydrogens is 279 g/mol. The zero-order valence-corrected chi connectivity index (χ0v) is 11.5. The van der Waals surface area contributed by atoms with Crippen LogP contribution in [0.3, 0.4) is 0 Å². The fraction of sp³-hybridized carbons (Fsp3) is 0.214. The Labute approximate surface area is 119 Å². The normalized spacial score (nSPS) is 10.4. The highest BCUT2D eigenvalue weighted by Crippen LogP contribution is 2.19. The zero-order valence-electron chi connectivity index (χ0n) is 11.5. The Bertz CT molecular complexity index is 696. The maximum absolute atomic E-state index is 13.5. The van der Waals surface area contributed by atoms with Crippen LogP contribution in [-0.4, -0.2) is 22.8 Å². The van der Waals surface area contributed by atoms with Gasteiger partial charge in [0, 0.05) is 30.8 Å². The van der Waals surface area contributed by atoms with Gasteiger partial charge in [-0.1, -0.05) is 0 Å². The second-order valence-corrected chi connectivity index (χ2v) is 4.59. The summed E-state index contributed by atoms with van der Waals surface area (Å²) in [6, 6.07) is 4.84. The molecular formula is C14H13FN2O4. The molecule has 0 unspecified atom stereocenters. The summed E-state index contributed by atoms with van der Waals surface area (Å²) in [5.41, 5.74) is 0.245. The first-order valence-corrected chi connectivity index (χ1v) is 6.12. The molecule has 0 radical (unpaired) electrons. The SMILES string of the molecule is Cc1occc1CN(C)C(=O)c1ccc([N+](=O)[O-])c(F)c1. The van der Waals surface area contributed by atoms with E-state index in [2.05, 4.69) is 0 Å². The highest BCUT2D eigenvalue weighted by molar-refractivity contribution is 5.94. The molecule has 0 N–H and O–H groups in total. The van der Waals surface area contributed by atoms with E-state index in [1.807, 2.05) is 0 Å².